The maximum atomic E-state index is 13.1. The number of nitrogens with one attached hydrogen (secondary N) is 2. The lowest BCUT2D eigenvalue weighted by molar-refractivity contribution is -0.122. The number of hydrogen-bond donors (Lipinski definition) is 2. The Bertz CT molecular complexity index is 452. The number of carbonyl (C=O) groups is 1. The molecule has 1 unspecified atom stereocenters. The molecule has 0 aromatic rings. The van der Waals surface area contributed by atoms with Crippen LogP contribution in [0.15, 0.2) is 22.8 Å². The number of alkyl halides is 1. The Morgan fingerprint density at radius 1 is 1.30 bits per heavy atom. The van der Waals surface area contributed by atoms with Crippen molar-refractivity contribution in [1.29, 1.82) is 0 Å². The summed E-state index contributed by atoms with van der Waals surface area (Å²) in [5, 5.41) is 5.89. The molecular weight excluding hydrogens is 291 g/mol. The molecule has 2 N–H and O–H groups in total. The highest BCUT2D eigenvalue weighted by Gasteiger charge is 2.28. The van der Waals surface area contributed by atoms with Gasteiger partial charge < -0.3 is 10.6 Å². The van der Waals surface area contributed by atoms with Crippen molar-refractivity contribution < 1.29 is 9.18 Å². The van der Waals surface area contributed by atoms with Crippen LogP contribution < -0.4 is 10.6 Å². The normalized spacial score (nSPS) is 23.2. The predicted molar refractivity (Wildman–Crippen MR) is 95.1 cm³/mol. The van der Waals surface area contributed by atoms with E-state index in [0.717, 1.165) is 19.3 Å². The molecule has 0 aromatic carbocycles. The molecule has 1 saturated heterocycles. The predicted octanol–water partition coefficient (Wildman–Crippen LogP) is 3.91. The number of hydrogen-bond acceptors (Lipinski definition) is 2. The van der Waals surface area contributed by atoms with E-state index in [1.165, 1.54) is 16.7 Å². The average molecular weight is 324 g/mol. The van der Waals surface area contributed by atoms with Crippen molar-refractivity contribution >= 4 is 5.91 Å². The van der Waals surface area contributed by atoms with Crippen LogP contribution in [0.2, 0.25) is 0 Å². The van der Waals surface area contributed by atoms with Crippen LogP contribution >= 0.6 is 0 Å². The van der Waals surface area contributed by atoms with Crippen LogP contribution in [0.3, 0.4) is 0 Å². The van der Waals surface area contributed by atoms with Gasteiger partial charge in [0, 0.05) is 19.5 Å². The van der Waals surface area contributed by atoms with E-state index < -0.39 is 6.17 Å². The molecule has 0 bridgehead atoms. The number of rotatable bonds is 8. The highest BCUT2D eigenvalue weighted by atomic mass is 19.1. The first-order chi connectivity index (χ1) is 10.8. The molecule has 4 heteroatoms. The van der Waals surface area contributed by atoms with E-state index in [2.05, 4.69) is 51.3 Å². The fourth-order valence-electron chi connectivity index (χ4n) is 3.18. The van der Waals surface area contributed by atoms with E-state index in [0.29, 0.717) is 25.4 Å². The van der Waals surface area contributed by atoms with Crippen molar-refractivity contribution in [3.8, 4) is 0 Å². The summed E-state index contributed by atoms with van der Waals surface area (Å²) in [6, 6.07) is -0.362. The Morgan fingerprint density at radius 3 is 2.52 bits per heavy atom. The van der Waals surface area contributed by atoms with E-state index in [-0.39, 0.29) is 11.9 Å². The van der Waals surface area contributed by atoms with Gasteiger partial charge in [-0.15, -0.1) is 0 Å². The van der Waals surface area contributed by atoms with Gasteiger partial charge in [-0.25, -0.2) is 4.39 Å². The molecule has 0 spiro atoms. The third-order valence-electron chi connectivity index (χ3n) is 4.56. The highest BCUT2D eigenvalue weighted by molar-refractivity contribution is 5.82. The van der Waals surface area contributed by atoms with Gasteiger partial charge in [0.15, 0.2) is 0 Å². The first-order valence-electron chi connectivity index (χ1n) is 8.82. The molecule has 1 fully saturated rings. The molecule has 1 rings (SSSR count). The summed E-state index contributed by atoms with van der Waals surface area (Å²) in [6.45, 7) is 11.7. The summed E-state index contributed by atoms with van der Waals surface area (Å²) in [7, 11) is 0. The molecule has 0 aliphatic carbocycles. The van der Waals surface area contributed by atoms with Crippen molar-refractivity contribution in [3.05, 3.63) is 22.8 Å². The van der Waals surface area contributed by atoms with Crippen molar-refractivity contribution in [1.82, 2.24) is 10.6 Å². The third-order valence-corrected chi connectivity index (χ3v) is 4.56. The van der Waals surface area contributed by atoms with Crippen LogP contribution in [0, 0.1) is 5.92 Å². The molecular formula is C19H33FN2O. The minimum Gasteiger partial charge on any atom is -0.355 e. The molecule has 3 nitrogen and oxygen atoms in total. The maximum absolute atomic E-state index is 13.1. The van der Waals surface area contributed by atoms with Crippen molar-refractivity contribution in [2.75, 3.05) is 13.1 Å². The van der Waals surface area contributed by atoms with E-state index >= 15 is 0 Å². The monoisotopic (exact) mass is 324 g/mol. The quantitative estimate of drug-likeness (QED) is 0.665. The summed E-state index contributed by atoms with van der Waals surface area (Å²) >= 11 is 0. The summed E-state index contributed by atoms with van der Waals surface area (Å²) in [5.41, 5.74) is 4.04. The number of amides is 1. The molecule has 0 aromatic heterocycles. The van der Waals surface area contributed by atoms with E-state index in [1.54, 1.807) is 0 Å². The molecule has 1 aliphatic heterocycles. The zero-order chi connectivity index (χ0) is 17.4. The molecule has 23 heavy (non-hydrogen) atoms. The Balaban J connectivity index is 2.53. The Kier molecular flexibility index (Phi) is 8.53. The van der Waals surface area contributed by atoms with Gasteiger partial charge in [-0.3, -0.25) is 4.79 Å². The van der Waals surface area contributed by atoms with Crippen LogP contribution in [-0.4, -0.2) is 31.2 Å². The Hall–Kier alpha value is -1.16. The zero-order valence-corrected chi connectivity index (χ0v) is 15.3. The standard InChI is InChI=1S/C19H33FN2O/c1-6-7-16(15(5)14(4)10-13(2)3)8-9-21-19(23)18-11-17(20)12-22-18/h10,16-18,22H,6-9,11-12H2,1-5H3,(H,21,23)/b15-14+/t16?,17-,18-/m0/s1. The fraction of sp³-hybridized carbons (Fsp3) is 0.737. The highest BCUT2D eigenvalue weighted by Crippen LogP contribution is 2.24. The minimum absolute atomic E-state index is 0.0666. The van der Waals surface area contributed by atoms with Crippen LogP contribution in [-0.2, 0) is 4.79 Å². The largest absolute Gasteiger partial charge is 0.355 e. The van der Waals surface area contributed by atoms with Gasteiger partial charge in [0.25, 0.3) is 0 Å². The second kappa shape index (κ2) is 9.86. The summed E-state index contributed by atoms with van der Waals surface area (Å²) < 4.78 is 13.1. The van der Waals surface area contributed by atoms with Gasteiger partial charge in [0.05, 0.1) is 6.04 Å². The first kappa shape index (κ1) is 19.9. The SMILES string of the molecule is CCCC(CCNC(=O)[C@@H]1C[C@H](F)CN1)/C(C)=C(\C)C=C(C)C. The summed E-state index contributed by atoms with van der Waals surface area (Å²) in [6.07, 6.45) is 4.82. The van der Waals surface area contributed by atoms with E-state index in [4.69, 9.17) is 0 Å². The number of allylic oxidation sites excluding steroid dienone is 4. The van der Waals surface area contributed by atoms with E-state index in [1.807, 2.05) is 0 Å². The lowest BCUT2D eigenvalue weighted by atomic mass is 9.88. The van der Waals surface area contributed by atoms with Crippen molar-refractivity contribution in [2.45, 2.75) is 72.5 Å². The van der Waals surface area contributed by atoms with Crippen LogP contribution in [0.4, 0.5) is 4.39 Å². The van der Waals surface area contributed by atoms with E-state index in [9.17, 15) is 9.18 Å². The lowest BCUT2D eigenvalue weighted by Crippen LogP contribution is -2.41. The fourth-order valence-corrected chi connectivity index (χ4v) is 3.18. The second-order valence-corrected chi connectivity index (χ2v) is 6.95. The maximum Gasteiger partial charge on any atom is 0.237 e. The molecule has 1 aliphatic rings. The van der Waals surface area contributed by atoms with Gasteiger partial charge in [-0.05, 0) is 46.5 Å². The van der Waals surface area contributed by atoms with Crippen molar-refractivity contribution in [3.63, 3.8) is 0 Å². The van der Waals surface area contributed by atoms with Crippen molar-refractivity contribution in [2.24, 2.45) is 5.92 Å². The molecule has 132 valence electrons. The van der Waals surface area contributed by atoms with Crippen LogP contribution in [0.25, 0.3) is 0 Å². The molecule has 0 radical (unpaired) electrons. The number of carbonyl (C=O) groups excluding carboxylic acids is 1. The molecule has 0 saturated carbocycles. The Morgan fingerprint density at radius 2 is 2.00 bits per heavy atom. The topological polar surface area (TPSA) is 41.1 Å². The smallest absolute Gasteiger partial charge is 0.237 e. The lowest BCUT2D eigenvalue weighted by Gasteiger charge is -2.20. The van der Waals surface area contributed by atoms with Gasteiger partial charge in [0.2, 0.25) is 5.91 Å². The average Bonchev–Trinajstić information content (AvgIpc) is 2.91. The molecule has 1 heterocycles. The second-order valence-electron chi connectivity index (χ2n) is 6.95. The first-order valence-corrected chi connectivity index (χ1v) is 8.82. The van der Waals surface area contributed by atoms with Crippen LogP contribution in [0.5, 0.6) is 0 Å². The zero-order valence-electron chi connectivity index (χ0n) is 15.3. The third kappa shape index (κ3) is 6.86. The number of halogens is 1. The van der Waals surface area contributed by atoms with Crippen LogP contribution in [0.1, 0.15) is 60.3 Å². The summed E-state index contributed by atoms with van der Waals surface area (Å²) in [4.78, 5) is 12.0. The minimum atomic E-state index is -0.893. The van der Waals surface area contributed by atoms with Gasteiger partial charge in [0.1, 0.15) is 6.17 Å². The Labute approximate surface area is 140 Å². The molecule has 1 amide bonds. The summed E-state index contributed by atoms with van der Waals surface area (Å²) in [5.74, 6) is 0.421. The van der Waals surface area contributed by atoms with Gasteiger partial charge >= 0.3 is 0 Å². The van der Waals surface area contributed by atoms with Gasteiger partial charge in [-0.1, -0.05) is 36.1 Å². The molecule has 3 atom stereocenters. The van der Waals surface area contributed by atoms with Gasteiger partial charge in [-0.2, -0.15) is 0 Å².